The Labute approximate surface area is 166 Å². The van der Waals surface area contributed by atoms with Crippen molar-refractivity contribution in [3.8, 4) is 11.5 Å². The maximum Gasteiger partial charge on any atom is 0.138 e. The summed E-state index contributed by atoms with van der Waals surface area (Å²) in [5.74, 6) is 2.38. The first-order valence-corrected chi connectivity index (χ1v) is 9.00. The number of aliphatic imine (C=N–C) groups is 1. The molecule has 0 saturated carbocycles. The summed E-state index contributed by atoms with van der Waals surface area (Å²) in [4.78, 5) is 6.89. The molecule has 0 aliphatic rings. The van der Waals surface area contributed by atoms with E-state index in [1.54, 1.807) is 14.2 Å². The molecule has 3 aromatic rings. The third kappa shape index (κ3) is 4.82. The minimum absolute atomic E-state index is 0.764. The van der Waals surface area contributed by atoms with Crippen molar-refractivity contribution < 1.29 is 9.47 Å². The Morgan fingerprint density at radius 2 is 1.29 bits per heavy atom. The first-order valence-electron chi connectivity index (χ1n) is 9.00. The van der Waals surface area contributed by atoms with E-state index in [1.807, 2.05) is 62.6 Å². The molecule has 144 valence electrons. The van der Waals surface area contributed by atoms with Crippen molar-refractivity contribution in [3.63, 3.8) is 0 Å². The Hall–Kier alpha value is -3.47. The Morgan fingerprint density at radius 3 is 1.79 bits per heavy atom. The minimum Gasteiger partial charge on any atom is -0.497 e. The molecule has 1 N–H and O–H groups in total. The topological polar surface area (TPSA) is 46.1 Å². The number of anilines is 2. The molecule has 0 saturated heterocycles. The Balaban J connectivity index is 1.94. The van der Waals surface area contributed by atoms with Gasteiger partial charge >= 0.3 is 0 Å². The predicted molar refractivity (Wildman–Crippen MR) is 117 cm³/mol. The van der Waals surface area contributed by atoms with E-state index in [0.717, 1.165) is 40.0 Å². The highest BCUT2D eigenvalue weighted by molar-refractivity contribution is 6.09. The van der Waals surface area contributed by atoms with Crippen LogP contribution >= 0.6 is 0 Å². The van der Waals surface area contributed by atoms with E-state index in [9.17, 15) is 0 Å². The molecule has 0 unspecified atom stereocenters. The second-order valence-corrected chi connectivity index (χ2v) is 6.45. The molecule has 0 heterocycles. The maximum absolute atomic E-state index is 5.24. The highest BCUT2D eigenvalue weighted by Crippen LogP contribution is 2.22. The quantitative estimate of drug-likeness (QED) is 0.489. The van der Waals surface area contributed by atoms with Gasteiger partial charge in [0.1, 0.15) is 17.3 Å². The van der Waals surface area contributed by atoms with Gasteiger partial charge in [0.25, 0.3) is 0 Å². The summed E-state index contributed by atoms with van der Waals surface area (Å²) >= 11 is 0. The van der Waals surface area contributed by atoms with Crippen LogP contribution in [0, 0.1) is 0 Å². The highest BCUT2D eigenvalue weighted by Gasteiger charge is 2.07. The van der Waals surface area contributed by atoms with Crippen LogP contribution in [0.1, 0.15) is 5.56 Å². The number of amidine groups is 1. The lowest BCUT2D eigenvalue weighted by atomic mass is 10.1. The normalized spacial score (nSPS) is 11.1. The number of hydrogen-bond acceptors (Lipinski definition) is 4. The first-order chi connectivity index (χ1) is 13.6. The van der Waals surface area contributed by atoms with E-state index < -0.39 is 0 Å². The van der Waals surface area contributed by atoms with Gasteiger partial charge in [-0.3, -0.25) is 0 Å². The fourth-order valence-electron chi connectivity index (χ4n) is 2.68. The number of nitrogens with zero attached hydrogens (tertiary/aromatic N) is 2. The van der Waals surface area contributed by atoms with E-state index in [0.29, 0.717) is 0 Å². The number of rotatable bonds is 6. The molecule has 0 atom stereocenters. The number of benzene rings is 3. The van der Waals surface area contributed by atoms with Gasteiger partial charge < -0.3 is 19.7 Å². The molecule has 0 fully saturated rings. The molecule has 0 aromatic heterocycles. The van der Waals surface area contributed by atoms with Crippen molar-refractivity contribution in [2.45, 2.75) is 0 Å². The lowest BCUT2D eigenvalue weighted by Crippen LogP contribution is -2.14. The average Bonchev–Trinajstić information content (AvgIpc) is 2.74. The SMILES string of the molecule is COc1ccc(N=C(Nc2ccc(OC)cc2)c2ccc(N(C)C)cc2)cc1. The summed E-state index contributed by atoms with van der Waals surface area (Å²) in [7, 11) is 7.36. The second-order valence-electron chi connectivity index (χ2n) is 6.45. The number of methoxy groups -OCH3 is 2. The highest BCUT2D eigenvalue weighted by atomic mass is 16.5. The Bertz CT molecular complexity index is 916. The summed E-state index contributed by atoms with van der Waals surface area (Å²) in [6, 6.07) is 23.7. The van der Waals surface area contributed by atoms with Crippen LogP contribution in [0.25, 0.3) is 0 Å². The van der Waals surface area contributed by atoms with Crippen LogP contribution in [0.15, 0.2) is 77.8 Å². The van der Waals surface area contributed by atoms with Crippen LogP contribution < -0.4 is 19.7 Å². The van der Waals surface area contributed by atoms with E-state index >= 15 is 0 Å². The summed E-state index contributed by atoms with van der Waals surface area (Å²) < 4.78 is 10.5. The summed E-state index contributed by atoms with van der Waals surface area (Å²) in [6.07, 6.45) is 0. The lowest BCUT2D eigenvalue weighted by Gasteiger charge is -2.15. The molecule has 0 aliphatic heterocycles. The molecule has 5 nitrogen and oxygen atoms in total. The van der Waals surface area contributed by atoms with Crippen LogP contribution in [0.4, 0.5) is 17.1 Å². The minimum atomic E-state index is 0.764. The van der Waals surface area contributed by atoms with E-state index in [-0.39, 0.29) is 0 Å². The van der Waals surface area contributed by atoms with Crippen LogP contribution in [0.2, 0.25) is 0 Å². The monoisotopic (exact) mass is 375 g/mol. The van der Waals surface area contributed by atoms with Gasteiger partial charge in [0, 0.05) is 31.0 Å². The number of ether oxygens (including phenoxy) is 2. The molecule has 0 radical (unpaired) electrons. The van der Waals surface area contributed by atoms with Gasteiger partial charge in [0.15, 0.2) is 0 Å². The van der Waals surface area contributed by atoms with Gasteiger partial charge in [-0.1, -0.05) is 0 Å². The fraction of sp³-hybridized carbons (Fsp3) is 0.174. The van der Waals surface area contributed by atoms with Crippen molar-refractivity contribution in [2.24, 2.45) is 4.99 Å². The van der Waals surface area contributed by atoms with Crippen molar-refractivity contribution in [1.82, 2.24) is 0 Å². The number of hydrogen-bond donors (Lipinski definition) is 1. The van der Waals surface area contributed by atoms with Crippen molar-refractivity contribution in [2.75, 3.05) is 38.5 Å². The number of nitrogens with one attached hydrogen (secondary N) is 1. The van der Waals surface area contributed by atoms with E-state index in [4.69, 9.17) is 14.5 Å². The molecule has 5 heteroatoms. The zero-order valence-corrected chi connectivity index (χ0v) is 16.6. The maximum atomic E-state index is 5.24. The Morgan fingerprint density at radius 1 is 0.750 bits per heavy atom. The van der Waals surface area contributed by atoms with E-state index in [1.165, 1.54) is 0 Å². The molecular weight excluding hydrogens is 350 g/mol. The van der Waals surface area contributed by atoms with Crippen LogP contribution in [-0.4, -0.2) is 34.2 Å². The molecular formula is C23H25N3O2. The Kier molecular flexibility index (Phi) is 6.17. The standard InChI is InChI=1S/C23H25N3O2/c1-26(2)20-11-5-17(6-12-20)23(24-18-7-13-21(27-3)14-8-18)25-19-9-15-22(28-4)16-10-19/h5-16H,1-4H3,(H,24,25). The van der Waals surface area contributed by atoms with Crippen LogP contribution in [-0.2, 0) is 0 Å². The fourth-order valence-corrected chi connectivity index (χ4v) is 2.68. The van der Waals surface area contributed by atoms with Gasteiger partial charge in [-0.2, -0.15) is 0 Å². The van der Waals surface area contributed by atoms with Crippen molar-refractivity contribution in [3.05, 3.63) is 78.4 Å². The molecule has 3 aromatic carbocycles. The van der Waals surface area contributed by atoms with Crippen molar-refractivity contribution >= 4 is 22.9 Å². The summed E-state index contributed by atoms with van der Waals surface area (Å²) in [5.41, 5.74) is 3.91. The zero-order valence-electron chi connectivity index (χ0n) is 16.6. The van der Waals surface area contributed by atoms with Crippen molar-refractivity contribution in [1.29, 1.82) is 0 Å². The molecule has 0 amide bonds. The average molecular weight is 375 g/mol. The lowest BCUT2D eigenvalue weighted by molar-refractivity contribution is 0.415. The molecule has 0 aliphatic carbocycles. The van der Waals surface area contributed by atoms with E-state index in [2.05, 4.69) is 34.5 Å². The van der Waals surface area contributed by atoms with Gasteiger partial charge in [-0.25, -0.2) is 4.99 Å². The second kappa shape index (κ2) is 8.95. The summed E-state index contributed by atoms with van der Waals surface area (Å²) in [6.45, 7) is 0. The largest absolute Gasteiger partial charge is 0.497 e. The van der Waals surface area contributed by atoms with Gasteiger partial charge in [-0.05, 0) is 72.8 Å². The smallest absolute Gasteiger partial charge is 0.138 e. The van der Waals surface area contributed by atoms with Gasteiger partial charge in [0.05, 0.1) is 19.9 Å². The summed E-state index contributed by atoms with van der Waals surface area (Å²) in [5, 5.41) is 3.42. The third-order valence-corrected chi connectivity index (χ3v) is 4.32. The van der Waals surface area contributed by atoms with Crippen LogP contribution in [0.3, 0.4) is 0 Å². The molecule has 28 heavy (non-hydrogen) atoms. The van der Waals surface area contributed by atoms with Gasteiger partial charge in [-0.15, -0.1) is 0 Å². The molecule has 0 spiro atoms. The van der Waals surface area contributed by atoms with Gasteiger partial charge in [0.2, 0.25) is 0 Å². The first kappa shape index (κ1) is 19.3. The molecule has 3 rings (SSSR count). The molecule has 0 bridgehead atoms. The third-order valence-electron chi connectivity index (χ3n) is 4.32. The zero-order chi connectivity index (χ0) is 19.9. The van der Waals surface area contributed by atoms with Crippen LogP contribution in [0.5, 0.6) is 11.5 Å². The predicted octanol–water partition coefficient (Wildman–Crippen LogP) is 4.96.